The third kappa shape index (κ3) is 4.59. The van der Waals surface area contributed by atoms with Gasteiger partial charge < -0.3 is 10.2 Å². The highest BCUT2D eigenvalue weighted by molar-refractivity contribution is 7.89. The molecule has 0 bridgehead atoms. The van der Waals surface area contributed by atoms with Crippen LogP contribution in [0.3, 0.4) is 0 Å². The third-order valence-electron chi connectivity index (χ3n) is 3.85. The van der Waals surface area contributed by atoms with Crippen molar-refractivity contribution in [3.8, 4) is 0 Å². The molecule has 140 valence electrons. The molecule has 0 aliphatic rings. The SMILES string of the molecule is Cc1cc(NC(=O)CN(C)S(=O)(=O)c2ccc(F)cc2)ccc1N(C)C. The van der Waals surface area contributed by atoms with E-state index in [9.17, 15) is 17.6 Å². The number of benzene rings is 2. The van der Waals surface area contributed by atoms with Crippen molar-refractivity contribution < 1.29 is 17.6 Å². The summed E-state index contributed by atoms with van der Waals surface area (Å²) >= 11 is 0. The van der Waals surface area contributed by atoms with Crippen LogP contribution in [0.1, 0.15) is 5.56 Å². The van der Waals surface area contributed by atoms with E-state index in [2.05, 4.69) is 5.32 Å². The maximum Gasteiger partial charge on any atom is 0.243 e. The Morgan fingerprint density at radius 1 is 1.08 bits per heavy atom. The summed E-state index contributed by atoms with van der Waals surface area (Å²) in [5.74, 6) is -0.990. The van der Waals surface area contributed by atoms with E-state index in [0.717, 1.165) is 27.7 Å². The molecule has 1 N–H and O–H groups in total. The smallest absolute Gasteiger partial charge is 0.243 e. The molecule has 0 atom stereocenters. The van der Waals surface area contributed by atoms with E-state index in [1.54, 1.807) is 6.07 Å². The maximum atomic E-state index is 13.0. The summed E-state index contributed by atoms with van der Waals surface area (Å²) in [5.41, 5.74) is 2.60. The first-order valence-electron chi connectivity index (χ1n) is 7.91. The molecule has 8 heteroatoms. The van der Waals surface area contributed by atoms with Crippen molar-refractivity contribution in [1.29, 1.82) is 0 Å². The Morgan fingerprint density at radius 2 is 1.69 bits per heavy atom. The molecule has 2 rings (SSSR count). The van der Waals surface area contributed by atoms with E-state index >= 15 is 0 Å². The van der Waals surface area contributed by atoms with Crippen molar-refractivity contribution in [1.82, 2.24) is 4.31 Å². The number of carbonyl (C=O) groups excluding carboxylic acids is 1. The highest BCUT2D eigenvalue weighted by Gasteiger charge is 2.23. The first-order chi connectivity index (χ1) is 12.1. The van der Waals surface area contributed by atoms with Gasteiger partial charge in [0, 0.05) is 32.5 Å². The Bertz CT molecular complexity index is 896. The number of halogens is 1. The average Bonchev–Trinajstić information content (AvgIpc) is 2.54. The third-order valence-corrected chi connectivity index (χ3v) is 5.67. The first-order valence-corrected chi connectivity index (χ1v) is 9.35. The minimum Gasteiger partial charge on any atom is -0.377 e. The molecule has 0 aromatic heterocycles. The van der Waals surface area contributed by atoms with Crippen molar-refractivity contribution in [2.24, 2.45) is 0 Å². The van der Waals surface area contributed by atoms with Crippen LogP contribution in [-0.4, -0.2) is 46.3 Å². The lowest BCUT2D eigenvalue weighted by molar-refractivity contribution is -0.116. The van der Waals surface area contributed by atoms with Crippen LogP contribution in [0.4, 0.5) is 15.8 Å². The Labute approximate surface area is 153 Å². The predicted octanol–water partition coefficient (Wildman–Crippen LogP) is 2.46. The summed E-state index contributed by atoms with van der Waals surface area (Å²) in [6, 6.07) is 9.93. The molecule has 0 aliphatic heterocycles. The van der Waals surface area contributed by atoms with Gasteiger partial charge in [0.05, 0.1) is 11.4 Å². The average molecular weight is 379 g/mol. The van der Waals surface area contributed by atoms with E-state index in [1.807, 2.05) is 38.1 Å². The van der Waals surface area contributed by atoms with Crippen molar-refractivity contribution in [3.63, 3.8) is 0 Å². The second kappa shape index (κ2) is 7.84. The van der Waals surface area contributed by atoms with Gasteiger partial charge in [-0.05, 0) is 55.0 Å². The van der Waals surface area contributed by atoms with E-state index < -0.39 is 21.7 Å². The van der Waals surface area contributed by atoms with Crippen LogP contribution in [0.25, 0.3) is 0 Å². The first kappa shape index (κ1) is 19.9. The van der Waals surface area contributed by atoms with Crippen LogP contribution in [0.5, 0.6) is 0 Å². The zero-order valence-electron chi connectivity index (χ0n) is 15.2. The number of hydrogen-bond donors (Lipinski definition) is 1. The van der Waals surface area contributed by atoms with Gasteiger partial charge in [0.2, 0.25) is 15.9 Å². The Kier molecular flexibility index (Phi) is 5.99. The number of nitrogens with zero attached hydrogens (tertiary/aromatic N) is 2. The number of nitrogens with one attached hydrogen (secondary N) is 1. The van der Waals surface area contributed by atoms with E-state index in [1.165, 1.54) is 19.2 Å². The summed E-state index contributed by atoms with van der Waals surface area (Å²) in [4.78, 5) is 14.1. The van der Waals surface area contributed by atoms with Gasteiger partial charge in [-0.15, -0.1) is 0 Å². The van der Waals surface area contributed by atoms with Gasteiger partial charge in [-0.2, -0.15) is 4.31 Å². The van der Waals surface area contributed by atoms with Crippen LogP contribution in [0.2, 0.25) is 0 Å². The lowest BCUT2D eigenvalue weighted by Gasteiger charge is -2.18. The van der Waals surface area contributed by atoms with Gasteiger partial charge in [-0.1, -0.05) is 0 Å². The van der Waals surface area contributed by atoms with E-state index in [0.29, 0.717) is 5.69 Å². The van der Waals surface area contributed by atoms with Gasteiger partial charge in [-0.3, -0.25) is 4.79 Å². The van der Waals surface area contributed by atoms with Gasteiger partial charge in [0.25, 0.3) is 0 Å². The van der Waals surface area contributed by atoms with Crippen molar-refractivity contribution in [2.45, 2.75) is 11.8 Å². The Hall–Kier alpha value is -2.45. The molecule has 26 heavy (non-hydrogen) atoms. The molecular formula is C18H22FN3O3S. The maximum absolute atomic E-state index is 13.0. The minimum absolute atomic E-state index is 0.0691. The molecule has 0 spiro atoms. The highest BCUT2D eigenvalue weighted by atomic mass is 32.2. The number of carbonyl (C=O) groups is 1. The fraction of sp³-hybridized carbons (Fsp3) is 0.278. The molecule has 2 aromatic rings. The molecule has 0 unspecified atom stereocenters. The van der Waals surface area contributed by atoms with Gasteiger partial charge >= 0.3 is 0 Å². The van der Waals surface area contributed by atoms with Crippen LogP contribution in [-0.2, 0) is 14.8 Å². The summed E-state index contributed by atoms with van der Waals surface area (Å²) in [7, 11) is 1.29. The Balaban J connectivity index is 2.07. The Morgan fingerprint density at radius 3 is 2.23 bits per heavy atom. The minimum atomic E-state index is -3.87. The second-order valence-electron chi connectivity index (χ2n) is 6.16. The molecule has 0 heterocycles. The lowest BCUT2D eigenvalue weighted by Crippen LogP contribution is -2.35. The number of aryl methyl sites for hydroxylation is 1. The molecule has 6 nitrogen and oxygen atoms in total. The van der Waals surface area contributed by atoms with Crippen LogP contribution < -0.4 is 10.2 Å². The van der Waals surface area contributed by atoms with Crippen molar-refractivity contribution in [2.75, 3.05) is 37.9 Å². The monoisotopic (exact) mass is 379 g/mol. The molecule has 0 aliphatic carbocycles. The number of amides is 1. The highest BCUT2D eigenvalue weighted by Crippen LogP contribution is 2.22. The normalized spacial score (nSPS) is 11.5. The summed E-state index contributed by atoms with van der Waals surface area (Å²) in [6.45, 7) is 1.57. The zero-order valence-corrected chi connectivity index (χ0v) is 16.0. The predicted molar refractivity (Wildman–Crippen MR) is 100 cm³/mol. The van der Waals surface area contributed by atoms with Crippen molar-refractivity contribution >= 4 is 27.3 Å². The molecule has 0 fully saturated rings. The molecule has 0 radical (unpaired) electrons. The number of likely N-dealkylation sites (N-methyl/N-ethyl adjacent to an activating group) is 1. The largest absolute Gasteiger partial charge is 0.377 e. The van der Waals surface area contributed by atoms with Gasteiger partial charge in [0.1, 0.15) is 5.82 Å². The lowest BCUT2D eigenvalue weighted by atomic mass is 10.1. The summed E-state index contributed by atoms with van der Waals surface area (Å²) in [6.07, 6.45) is 0. The summed E-state index contributed by atoms with van der Waals surface area (Å²) in [5, 5.41) is 2.69. The number of rotatable bonds is 6. The van der Waals surface area contributed by atoms with Gasteiger partial charge in [-0.25, -0.2) is 12.8 Å². The zero-order chi connectivity index (χ0) is 19.5. The molecule has 2 aromatic carbocycles. The topological polar surface area (TPSA) is 69.7 Å². The van der Waals surface area contributed by atoms with E-state index in [-0.39, 0.29) is 11.4 Å². The number of sulfonamides is 1. The fourth-order valence-corrected chi connectivity index (χ4v) is 3.64. The molecule has 0 saturated carbocycles. The fourth-order valence-electron chi connectivity index (χ4n) is 2.51. The van der Waals surface area contributed by atoms with Crippen LogP contribution in [0, 0.1) is 12.7 Å². The second-order valence-corrected chi connectivity index (χ2v) is 8.20. The number of anilines is 2. The molecule has 0 saturated heterocycles. The number of hydrogen-bond acceptors (Lipinski definition) is 4. The van der Waals surface area contributed by atoms with Crippen molar-refractivity contribution in [3.05, 3.63) is 53.8 Å². The van der Waals surface area contributed by atoms with Crippen LogP contribution in [0.15, 0.2) is 47.4 Å². The molecular weight excluding hydrogens is 357 g/mol. The van der Waals surface area contributed by atoms with Gasteiger partial charge in [0.15, 0.2) is 0 Å². The summed E-state index contributed by atoms with van der Waals surface area (Å²) < 4.78 is 38.7. The van der Waals surface area contributed by atoms with E-state index in [4.69, 9.17) is 0 Å². The van der Waals surface area contributed by atoms with Crippen LogP contribution >= 0.6 is 0 Å². The standard InChI is InChI=1S/C18H22FN3O3S/c1-13-11-15(7-10-17(13)21(2)3)20-18(23)12-22(4)26(24,25)16-8-5-14(19)6-9-16/h5-11H,12H2,1-4H3,(H,20,23). The quantitative estimate of drug-likeness (QED) is 0.837. The molecule has 1 amide bonds.